The molecule has 0 radical (unpaired) electrons. The molecule has 1 atom stereocenters. The van der Waals surface area contributed by atoms with Crippen LogP contribution in [-0.2, 0) is 12.8 Å². The first-order valence-corrected chi connectivity index (χ1v) is 7.41. The van der Waals surface area contributed by atoms with Gasteiger partial charge in [0.2, 0.25) is 0 Å². The van der Waals surface area contributed by atoms with Gasteiger partial charge in [0.1, 0.15) is 11.3 Å². The minimum absolute atomic E-state index is 0.0533. The predicted molar refractivity (Wildman–Crippen MR) is 82.3 cm³/mol. The maximum atomic E-state index is 12.4. The van der Waals surface area contributed by atoms with Gasteiger partial charge in [0.05, 0.1) is 11.7 Å². The molecular formula is C17H22N2O2. The molecule has 1 N–H and O–H groups in total. The number of rotatable bonds is 5. The molecule has 0 aliphatic rings. The topological polar surface area (TPSA) is 55.1 Å². The SMILES string of the molecule is CCc1ccc(C(C)NC(=O)c2c(CC)noc2C)cc1. The summed E-state index contributed by atoms with van der Waals surface area (Å²) in [6.07, 6.45) is 1.69. The molecule has 4 nitrogen and oxygen atoms in total. The molecule has 0 saturated carbocycles. The highest BCUT2D eigenvalue weighted by molar-refractivity contribution is 5.96. The molecule has 1 heterocycles. The smallest absolute Gasteiger partial charge is 0.257 e. The molecule has 0 fully saturated rings. The maximum absolute atomic E-state index is 12.4. The van der Waals surface area contributed by atoms with E-state index in [9.17, 15) is 4.79 Å². The zero-order chi connectivity index (χ0) is 15.4. The summed E-state index contributed by atoms with van der Waals surface area (Å²) in [6, 6.07) is 8.26. The van der Waals surface area contributed by atoms with Gasteiger partial charge in [0, 0.05) is 0 Å². The molecule has 4 heteroatoms. The molecule has 112 valence electrons. The van der Waals surface area contributed by atoms with Gasteiger partial charge in [0.25, 0.3) is 5.91 Å². The average molecular weight is 286 g/mol. The van der Waals surface area contributed by atoms with Crippen LogP contribution in [0.1, 0.15) is 59.8 Å². The second-order valence-electron chi connectivity index (χ2n) is 5.20. The van der Waals surface area contributed by atoms with Gasteiger partial charge in [-0.05, 0) is 37.8 Å². The van der Waals surface area contributed by atoms with E-state index in [1.807, 2.05) is 13.8 Å². The van der Waals surface area contributed by atoms with Crippen LogP contribution in [0.3, 0.4) is 0 Å². The molecule has 21 heavy (non-hydrogen) atoms. The minimum atomic E-state index is -0.127. The number of aryl methyl sites for hydroxylation is 3. The molecule has 0 bridgehead atoms. The van der Waals surface area contributed by atoms with E-state index in [0.717, 1.165) is 12.0 Å². The lowest BCUT2D eigenvalue weighted by Crippen LogP contribution is -2.27. The highest BCUT2D eigenvalue weighted by Gasteiger charge is 2.20. The third-order valence-corrected chi connectivity index (χ3v) is 3.73. The number of benzene rings is 1. The van der Waals surface area contributed by atoms with Crippen LogP contribution in [0.15, 0.2) is 28.8 Å². The van der Waals surface area contributed by atoms with Gasteiger partial charge in [-0.1, -0.05) is 43.3 Å². The van der Waals surface area contributed by atoms with Crippen molar-refractivity contribution in [3.8, 4) is 0 Å². The van der Waals surface area contributed by atoms with Gasteiger partial charge in [-0.3, -0.25) is 4.79 Å². The second kappa shape index (κ2) is 6.57. The predicted octanol–water partition coefficient (Wildman–Crippen LogP) is 3.60. The highest BCUT2D eigenvalue weighted by Crippen LogP contribution is 2.18. The zero-order valence-corrected chi connectivity index (χ0v) is 13.1. The van der Waals surface area contributed by atoms with E-state index in [-0.39, 0.29) is 11.9 Å². The number of nitrogens with zero attached hydrogens (tertiary/aromatic N) is 1. The van der Waals surface area contributed by atoms with Crippen LogP contribution in [0, 0.1) is 6.92 Å². The molecule has 1 aromatic heterocycles. The van der Waals surface area contributed by atoms with Crippen LogP contribution in [0.2, 0.25) is 0 Å². The van der Waals surface area contributed by atoms with Crippen molar-refractivity contribution in [2.45, 2.75) is 46.6 Å². The summed E-state index contributed by atoms with van der Waals surface area (Å²) in [5, 5.41) is 6.93. The number of nitrogens with one attached hydrogen (secondary N) is 1. The lowest BCUT2D eigenvalue weighted by atomic mass is 10.0. The van der Waals surface area contributed by atoms with Crippen molar-refractivity contribution in [3.63, 3.8) is 0 Å². The Labute approximate surface area is 125 Å². The average Bonchev–Trinajstić information content (AvgIpc) is 2.88. The van der Waals surface area contributed by atoms with Gasteiger partial charge in [0.15, 0.2) is 0 Å². The summed E-state index contributed by atoms with van der Waals surface area (Å²) in [4.78, 5) is 12.4. The molecule has 1 aromatic carbocycles. The number of carbonyl (C=O) groups excluding carboxylic acids is 1. The summed E-state index contributed by atoms with van der Waals surface area (Å²) in [7, 11) is 0. The number of hydrogen-bond donors (Lipinski definition) is 1. The van der Waals surface area contributed by atoms with Crippen molar-refractivity contribution in [1.82, 2.24) is 10.5 Å². The molecule has 0 saturated heterocycles. The van der Waals surface area contributed by atoms with Crippen LogP contribution in [0.25, 0.3) is 0 Å². The van der Waals surface area contributed by atoms with Crippen LogP contribution >= 0.6 is 0 Å². The fraction of sp³-hybridized carbons (Fsp3) is 0.412. The molecule has 1 amide bonds. The first-order chi connectivity index (χ1) is 10.1. The van der Waals surface area contributed by atoms with Crippen molar-refractivity contribution in [1.29, 1.82) is 0 Å². The van der Waals surface area contributed by atoms with E-state index >= 15 is 0 Å². The number of aromatic nitrogens is 1. The van der Waals surface area contributed by atoms with Crippen LogP contribution in [0.4, 0.5) is 0 Å². The van der Waals surface area contributed by atoms with Crippen molar-refractivity contribution >= 4 is 5.91 Å². The molecule has 1 unspecified atom stereocenters. The van der Waals surface area contributed by atoms with Gasteiger partial charge >= 0.3 is 0 Å². The summed E-state index contributed by atoms with van der Waals surface area (Å²) < 4.78 is 5.11. The van der Waals surface area contributed by atoms with Gasteiger partial charge in [-0.25, -0.2) is 0 Å². The highest BCUT2D eigenvalue weighted by atomic mass is 16.5. The van der Waals surface area contributed by atoms with Crippen LogP contribution in [0.5, 0.6) is 0 Å². The maximum Gasteiger partial charge on any atom is 0.257 e. The Morgan fingerprint density at radius 1 is 1.24 bits per heavy atom. The largest absolute Gasteiger partial charge is 0.361 e. The third kappa shape index (κ3) is 3.32. The van der Waals surface area contributed by atoms with E-state index in [4.69, 9.17) is 4.52 Å². The fourth-order valence-corrected chi connectivity index (χ4v) is 2.34. The summed E-state index contributed by atoms with van der Waals surface area (Å²) in [5.74, 6) is 0.440. The first kappa shape index (κ1) is 15.3. The Kier molecular flexibility index (Phi) is 4.78. The first-order valence-electron chi connectivity index (χ1n) is 7.41. The van der Waals surface area contributed by atoms with Crippen molar-refractivity contribution < 1.29 is 9.32 Å². The van der Waals surface area contributed by atoms with Crippen molar-refractivity contribution in [2.24, 2.45) is 0 Å². The van der Waals surface area contributed by atoms with E-state index in [0.29, 0.717) is 23.4 Å². The molecule has 2 aromatic rings. The minimum Gasteiger partial charge on any atom is -0.361 e. The monoisotopic (exact) mass is 286 g/mol. The Bertz CT molecular complexity index is 614. The van der Waals surface area contributed by atoms with E-state index in [1.165, 1.54) is 5.56 Å². The molecule has 0 spiro atoms. The number of carbonyl (C=O) groups is 1. The third-order valence-electron chi connectivity index (χ3n) is 3.73. The quantitative estimate of drug-likeness (QED) is 0.913. The van der Waals surface area contributed by atoms with Gasteiger partial charge < -0.3 is 9.84 Å². The van der Waals surface area contributed by atoms with Gasteiger partial charge in [-0.2, -0.15) is 0 Å². The fourth-order valence-electron chi connectivity index (χ4n) is 2.34. The van der Waals surface area contributed by atoms with E-state index < -0.39 is 0 Å². The lowest BCUT2D eigenvalue weighted by molar-refractivity contribution is 0.0937. The normalized spacial score (nSPS) is 12.2. The van der Waals surface area contributed by atoms with Gasteiger partial charge in [-0.15, -0.1) is 0 Å². The summed E-state index contributed by atoms with van der Waals surface area (Å²) >= 11 is 0. The molecule has 0 aliphatic heterocycles. The number of amides is 1. The van der Waals surface area contributed by atoms with Crippen LogP contribution in [-0.4, -0.2) is 11.1 Å². The second-order valence-corrected chi connectivity index (χ2v) is 5.20. The Balaban J connectivity index is 2.12. The Morgan fingerprint density at radius 2 is 1.90 bits per heavy atom. The standard InChI is InChI=1S/C17H22N2O2/c1-5-13-7-9-14(10-8-13)11(3)18-17(20)16-12(4)21-19-15(16)6-2/h7-11H,5-6H2,1-4H3,(H,18,20). The molecule has 0 aliphatic carbocycles. The summed E-state index contributed by atoms with van der Waals surface area (Å²) in [5.41, 5.74) is 3.65. The Hall–Kier alpha value is -2.10. The lowest BCUT2D eigenvalue weighted by Gasteiger charge is -2.14. The zero-order valence-electron chi connectivity index (χ0n) is 13.1. The van der Waals surface area contributed by atoms with Crippen molar-refractivity contribution in [2.75, 3.05) is 0 Å². The van der Waals surface area contributed by atoms with E-state index in [1.54, 1.807) is 6.92 Å². The van der Waals surface area contributed by atoms with E-state index in [2.05, 4.69) is 41.7 Å². The number of hydrogen-bond acceptors (Lipinski definition) is 3. The summed E-state index contributed by atoms with van der Waals surface area (Å²) in [6.45, 7) is 7.83. The van der Waals surface area contributed by atoms with Crippen molar-refractivity contribution in [3.05, 3.63) is 52.4 Å². The molecule has 2 rings (SSSR count). The Morgan fingerprint density at radius 3 is 2.48 bits per heavy atom. The van der Waals surface area contributed by atoms with Crippen LogP contribution < -0.4 is 5.32 Å². The molecular weight excluding hydrogens is 264 g/mol.